The Kier molecular flexibility index (Phi) is 5.24. The third-order valence-electron chi connectivity index (χ3n) is 1.77. The highest BCUT2D eigenvalue weighted by molar-refractivity contribution is 9.10. The zero-order valence-electron chi connectivity index (χ0n) is 8.70. The van der Waals surface area contributed by atoms with Crippen LogP contribution in [0.4, 0.5) is 0 Å². The summed E-state index contributed by atoms with van der Waals surface area (Å²) in [5, 5.41) is 8.48. The number of hydroxylamine groups is 1. The molecule has 0 aromatic heterocycles. The average Bonchev–Trinajstić information content (AvgIpc) is 2.29. The molecule has 0 bridgehead atoms. The Morgan fingerprint density at radius 3 is 2.94 bits per heavy atom. The summed E-state index contributed by atoms with van der Waals surface area (Å²) in [6.07, 6.45) is 0. The van der Waals surface area contributed by atoms with E-state index in [0.717, 1.165) is 4.47 Å². The number of methoxy groups -OCH3 is 1. The molecule has 0 unspecified atom stereocenters. The van der Waals surface area contributed by atoms with Crippen LogP contribution in [-0.4, -0.2) is 31.3 Å². The number of aliphatic hydroxyl groups is 1. The Balaban J connectivity index is 2.74. The van der Waals surface area contributed by atoms with Gasteiger partial charge in [0.1, 0.15) is 5.75 Å². The van der Waals surface area contributed by atoms with Crippen LogP contribution in [0.2, 0.25) is 0 Å². The second kappa shape index (κ2) is 6.47. The monoisotopic (exact) mass is 289 g/mol. The maximum absolute atomic E-state index is 11.6. The standard InChI is InChI=1S/C10H12BrNO4/c1-15-9-6-7(11)2-3-8(9)10(14)12-16-5-4-13/h2-3,6,13H,4-5H2,1H3,(H,12,14). The van der Waals surface area contributed by atoms with Crippen LogP contribution in [0.15, 0.2) is 22.7 Å². The van der Waals surface area contributed by atoms with Crippen molar-refractivity contribution in [1.29, 1.82) is 0 Å². The summed E-state index contributed by atoms with van der Waals surface area (Å²) in [5.41, 5.74) is 2.56. The van der Waals surface area contributed by atoms with Gasteiger partial charge < -0.3 is 9.84 Å². The third kappa shape index (κ3) is 3.48. The Labute approximate surface area is 101 Å². The fraction of sp³-hybridized carbons (Fsp3) is 0.300. The molecular formula is C10H12BrNO4. The number of nitrogens with one attached hydrogen (secondary N) is 1. The predicted molar refractivity (Wildman–Crippen MR) is 61.2 cm³/mol. The first kappa shape index (κ1) is 13.0. The molecule has 0 aliphatic carbocycles. The molecule has 0 aliphatic heterocycles. The van der Waals surface area contributed by atoms with Gasteiger partial charge in [0, 0.05) is 4.47 Å². The number of hydrogen-bond acceptors (Lipinski definition) is 4. The van der Waals surface area contributed by atoms with Crippen LogP contribution in [0.25, 0.3) is 0 Å². The third-order valence-corrected chi connectivity index (χ3v) is 2.26. The molecule has 16 heavy (non-hydrogen) atoms. The van der Waals surface area contributed by atoms with Crippen molar-refractivity contribution in [3.8, 4) is 5.75 Å². The normalized spacial score (nSPS) is 9.94. The van der Waals surface area contributed by atoms with Crippen LogP contribution in [0.3, 0.4) is 0 Å². The average molecular weight is 290 g/mol. The van der Waals surface area contributed by atoms with E-state index in [0.29, 0.717) is 11.3 Å². The van der Waals surface area contributed by atoms with E-state index in [-0.39, 0.29) is 13.2 Å². The van der Waals surface area contributed by atoms with Gasteiger partial charge in [-0.25, -0.2) is 5.48 Å². The lowest BCUT2D eigenvalue weighted by Crippen LogP contribution is -2.25. The lowest BCUT2D eigenvalue weighted by Gasteiger charge is -2.09. The highest BCUT2D eigenvalue weighted by Gasteiger charge is 2.12. The van der Waals surface area contributed by atoms with Crippen molar-refractivity contribution >= 4 is 21.8 Å². The topological polar surface area (TPSA) is 67.8 Å². The minimum absolute atomic E-state index is 0.0462. The summed E-state index contributed by atoms with van der Waals surface area (Å²) in [6, 6.07) is 5.02. The lowest BCUT2D eigenvalue weighted by atomic mass is 10.2. The smallest absolute Gasteiger partial charge is 0.278 e. The van der Waals surface area contributed by atoms with E-state index in [1.807, 2.05) is 0 Å². The van der Waals surface area contributed by atoms with Gasteiger partial charge in [-0.1, -0.05) is 15.9 Å². The van der Waals surface area contributed by atoms with E-state index in [4.69, 9.17) is 14.7 Å². The fourth-order valence-electron chi connectivity index (χ4n) is 1.07. The van der Waals surface area contributed by atoms with E-state index in [2.05, 4.69) is 21.4 Å². The Morgan fingerprint density at radius 1 is 1.56 bits per heavy atom. The number of amides is 1. The number of aliphatic hydroxyl groups excluding tert-OH is 1. The molecule has 5 nitrogen and oxygen atoms in total. The molecule has 0 fully saturated rings. The first-order valence-corrected chi connectivity index (χ1v) is 5.35. The molecule has 2 N–H and O–H groups in total. The number of halogens is 1. The molecule has 0 spiro atoms. The first-order chi connectivity index (χ1) is 7.69. The summed E-state index contributed by atoms with van der Waals surface area (Å²) in [5.74, 6) is 0.0253. The molecule has 0 heterocycles. The second-order valence-electron chi connectivity index (χ2n) is 2.85. The number of benzene rings is 1. The summed E-state index contributed by atoms with van der Waals surface area (Å²) >= 11 is 3.27. The molecule has 0 atom stereocenters. The van der Waals surface area contributed by atoms with Crippen molar-refractivity contribution in [2.24, 2.45) is 0 Å². The van der Waals surface area contributed by atoms with Crippen LogP contribution < -0.4 is 10.2 Å². The summed E-state index contributed by atoms with van der Waals surface area (Å²) < 4.78 is 5.87. The van der Waals surface area contributed by atoms with Gasteiger partial charge in [0.15, 0.2) is 0 Å². The molecule has 0 saturated heterocycles. The molecular weight excluding hydrogens is 278 g/mol. The van der Waals surface area contributed by atoms with E-state index in [1.54, 1.807) is 18.2 Å². The zero-order chi connectivity index (χ0) is 12.0. The molecule has 1 rings (SSSR count). The number of carbonyl (C=O) groups is 1. The van der Waals surface area contributed by atoms with Gasteiger partial charge in [-0.05, 0) is 18.2 Å². The highest BCUT2D eigenvalue weighted by Crippen LogP contribution is 2.23. The summed E-state index contributed by atoms with van der Waals surface area (Å²) in [6.45, 7) is -0.109. The Morgan fingerprint density at radius 2 is 2.31 bits per heavy atom. The van der Waals surface area contributed by atoms with Crippen molar-refractivity contribution in [3.63, 3.8) is 0 Å². The van der Waals surface area contributed by atoms with E-state index >= 15 is 0 Å². The molecule has 1 amide bonds. The van der Waals surface area contributed by atoms with Crippen molar-refractivity contribution in [1.82, 2.24) is 5.48 Å². The number of carbonyl (C=O) groups excluding carboxylic acids is 1. The van der Waals surface area contributed by atoms with E-state index in [1.165, 1.54) is 7.11 Å². The molecule has 0 saturated carbocycles. The zero-order valence-corrected chi connectivity index (χ0v) is 10.3. The minimum Gasteiger partial charge on any atom is -0.496 e. The largest absolute Gasteiger partial charge is 0.496 e. The van der Waals surface area contributed by atoms with E-state index in [9.17, 15) is 4.79 Å². The Hall–Kier alpha value is -1.11. The van der Waals surface area contributed by atoms with Gasteiger partial charge in [0.05, 0.1) is 25.9 Å². The van der Waals surface area contributed by atoms with Gasteiger partial charge in [0.25, 0.3) is 5.91 Å². The molecule has 1 aromatic carbocycles. The molecule has 0 aliphatic rings. The minimum atomic E-state index is -0.419. The van der Waals surface area contributed by atoms with Crippen molar-refractivity contribution in [3.05, 3.63) is 28.2 Å². The van der Waals surface area contributed by atoms with Gasteiger partial charge in [-0.15, -0.1) is 0 Å². The van der Waals surface area contributed by atoms with Crippen LogP contribution >= 0.6 is 15.9 Å². The lowest BCUT2D eigenvalue weighted by molar-refractivity contribution is 0.0166. The number of ether oxygens (including phenoxy) is 1. The van der Waals surface area contributed by atoms with Crippen molar-refractivity contribution in [2.75, 3.05) is 20.3 Å². The van der Waals surface area contributed by atoms with Crippen molar-refractivity contribution in [2.45, 2.75) is 0 Å². The van der Waals surface area contributed by atoms with E-state index < -0.39 is 5.91 Å². The maximum atomic E-state index is 11.6. The highest BCUT2D eigenvalue weighted by atomic mass is 79.9. The van der Waals surface area contributed by atoms with Gasteiger partial charge in [-0.3, -0.25) is 9.63 Å². The second-order valence-corrected chi connectivity index (χ2v) is 3.76. The van der Waals surface area contributed by atoms with Gasteiger partial charge in [-0.2, -0.15) is 0 Å². The first-order valence-electron chi connectivity index (χ1n) is 4.55. The molecule has 1 aromatic rings. The summed E-state index contributed by atoms with van der Waals surface area (Å²) in [7, 11) is 1.48. The molecule has 88 valence electrons. The number of hydrogen-bond donors (Lipinski definition) is 2. The van der Waals surface area contributed by atoms with Crippen LogP contribution in [0, 0.1) is 0 Å². The summed E-state index contributed by atoms with van der Waals surface area (Å²) in [4.78, 5) is 16.3. The van der Waals surface area contributed by atoms with Crippen LogP contribution in [0.1, 0.15) is 10.4 Å². The van der Waals surface area contributed by atoms with Crippen molar-refractivity contribution < 1.29 is 19.5 Å². The van der Waals surface area contributed by atoms with Crippen LogP contribution in [0.5, 0.6) is 5.75 Å². The maximum Gasteiger partial charge on any atom is 0.278 e. The predicted octanol–water partition coefficient (Wildman–Crippen LogP) is 1.11. The quantitative estimate of drug-likeness (QED) is 0.629. The Bertz CT molecular complexity index is 370. The van der Waals surface area contributed by atoms with Crippen LogP contribution in [-0.2, 0) is 4.84 Å². The molecule has 0 radical (unpaired) electrons. The van der Waals surface area contributed by atoms with Gasteiger partial charge >= 0.3 is 0 Å². The fourth-order valence-corrected chi connectivity index (χ4v) is 1.41. The SMILES string of the molecule is COc1cc(Br)ccc1C(=O)NOCCO. The van der Waals surface area contributed by atoms with Gasteiger partial charge in [0.2, 0.25) is 0 Å². The molecule has 6 heteroatoms. The number of rotatable bonds is 5.